The van der Waals surface area contributed by atoms with Crippen LogP contribution >= 0.6 is 0 Å². The predicted octanol–water partition coefficient (Wildman–Crippen LogP) is 0.528. The summed E-state index contributed by atoms with van der Waals surface area (Å²) in [6.45, 7) is 4.63. The molecule has 1 aromatic heterocycles. The monoisotopic (exact) mass is 299 g/mol. The number of hydrogen-bond acceptors (Lipinski definition) is 4. The molecule has 1 aliphatic heterocycles. The normalized spacial score (nSPS) is 18.9. The molecule has 1 fully saturated rings. The second-order valence-electron chi connectivity index (χ2n) is 5.27. The molecule has 1 unspecified atom stereocenters. The van der Waals surface area contributed by atoms with E-state index in [1.165, 1.54) is 37.6 Å². The van der Waals surface area contributed by atoms with Crippen LogP contribution in [0.1, 0.15) is 26.2 Å². The van der Waals surface area contributed by atoms with E-state index in [0.29, 0.717) is 6.54 Å². The van der Waals surface area contributed by atoms with Gasteiger partial charge in [0.1, 0.15) is 0 Å². The zero-order valence-electron chi connectivity index (χ0n) is 11.6. The lowest BCUT2D eigenvalue weighted by atomic mass is 10.1. The van der Waals surface area contributed by atoms with Crippen molar-refractivity contribution < 1.29 is 8.42 Å². The van der Waals surface area contributed by atoms with Gasteiger partial charge in [-0.25, -0.2) is 13.1 Å². The molecule has 0 saturated carbocycles. The predicted molar refractivity (Wildman–Crippen MR) is 77.1 cm³/mol. The second kappa shape index (κ2) is 6.51. The number of hydrogen-bond donors (Lipinski definition) is 2. The largest absolute Gasteiger partial charge is 0.328 e. The summed E-state index contributed by atoms with van der Waals surface area (Å²) < 4.78 is 26.9. The molecule has 1 aromatic rings. The van der Waals surface area contributed by atoms with Crippen molar-refractivity contribution in [1.82, 2.24) is 14.6 Å². The first-order chi connectivity index (χ1) is 9.47. The van der Waals surface area contributed by atoms with Crippen LogP contribution in [0.15, 0.2) is 28.0 Å². The fourth-order valence-electron chi connectivity index (χ4n) is 2.46. The van der Waals surface area contributed by atoms with Crippen LogP contribution in [0.2, 0.25) is 0 Å². The Balaban J connectivity index is 1.96. The third-order valence-corrected chi connectivity index (χ3v) is 4.99. The van der Waals surface area contributed by atoms with Crippen molar-refractivity contribution >= 4 is 10.0 Å². The minimum Gasteiger partial charge on any atom is -0.328 e. The maximum atomic E-state index is 12.1. The van der Waals surface area contributed by atoms with Gasteiger partial charge in [0, 0.05) is 24.8 Å². The Kier molecular flexibility index (Phi) is 4.95. The molecule has 0 aromatic carbocycles. The molecule has 2 heterocycles. The number of nitrogens with zero attached hydrogens (tertiary/aromatic N) is 1. The lowest BCUT2D eigenvalue weighted by Gasteiger charge is -2.29. The third-order valence-electron chi connectivity index (χ3n) is 3.40. The highest BCUT2D eigenvalue weighted by atomic mass is 32.2. The molecule has 2 N–H and O–H groups in total. The maximum Gasteiger partial charge on any atom is 0.247 e. The number of sulfonamides is 1. The summed E-state index contributed by atoms with van der Waals surface area (Å²) in [6.07, 6.45) is 4.84. The highest BCUT2D eigenvalue weighted by molar-refractivity contribution is 7.89. The van der Waals surface area contributed by atoms with Crippen LogP contribution in [0.3, 0.4) is 0 Å². The molecular formula is C13H21N3O3S. The van der Waals surface area contributed by atoms with Gasteiger partial charge in [-0.2, -0.15) is 0 Å². The van der Waals surface area contributed by atoms with E-state index in [1.807, 2.05) is 6.92 Å². The highest BCUT2D eigenvalue weighted by Crippen LogP contribution is 2.10. The van der Waals surface area contributed by atoms with Gasteiger partial charge in [-0.3, -0.25) is 4.79 Å². The van der Waals surface area contributed by atoms with Crippen LogP contribution in [0.25, 0.3) is 0 Å². The number of aromatic nitrogens is 1. The van der Waals surface area contributed by atoms with Gasteiger partial charge in [0.2, 0.25) is 15.6 Å². The number of aromatic amines is 1. The van der Waals surface area contributed by atoms with E-state index in [-0.39, 0.29) is 16.5 Å². The molecular weight excluding hydrogens is 278 g/mol. The first-order valence-electron chi connectivity index (χ1n) is 6.91. The van der Waals surface area contributed by atoms with E-state index in [1.54, 1.807) is 0 Å². The van der Waals surface area contributed by atoms with Crippen LogP contribution in [-0.4, -0.2) is 44.0 Å². The maximum absolute atomic E-state index is 12.1. The molecule has 1 saturated heterocycles. The first kappa shape index (κ1) is 15.2. The van der Waals surface area contributed by atoms with Gasteiger partial charge in [0.25, 0.3) is 0 Å². The molecule has 20 heavy (non-hydrogen) atoms. The Bertz CT molecular complexity index is 571. The van der Waals surface area contributed by atoms with Gasteiger partial charge in [-0.15, -0.1) is 0 Å². The summed E-state index contributed by atoms with van der Waals surface area (Å²) in [5, 5.41) is 0. The van der Waals surface area contributed by atoms with Gasteiger partial charge in [-0.05, 0) is 38.9 Å². The standard InChI is InChI=1S/C13H21N3O3S/c1-11(10-16-7-3-2-4-8-16)15-20(18,19)12-5-6-13(17)14-9-12/h5-6,9,11,15H,2-4,7-8,10H2,1H3,(H,14,17). The van der Waals surface area contributed by atoms with Crippen molar-refractivity contribution in [3.63, 3.8) is 0 Å². The SMILES string of the molecule is CC(CN1CCCCC1)NS(=O)(=O)c1ccc(=O)[nH]c1. The lowest BCUT2D eigenvalue weighted by Crippen LogP contribution is -2.43. The van der Waals surface area contributed by atoms with Crippen molar-refractivity contribution in [3.05, 3.63) is 28.7 Å². The molecule has 112 valence electrons. The van der Waals surface area contributed by atoms with Crippen LogP contribution in [0, 0.1) is 0 Å². The Hall–Kier alpha value is -1.18. The van der Waals surface area contributed by atoms with Crippen LogP contribution < -0.4 is 10.3 Å². The van der Waals surface area contributed by atoms with Crippen LogP contribution in [0.5, 0.6) is 0 Å². The Morgan fingerprint density at radius 1 is 1.30 bits per heavy atom. The summed E-state index contributed by atoms with van der Waals surface area (Å²) in [4.78, 5) is 15.7. The van der Waals surface area contributed by atoms with Gasteiger partial charge in [0.15, 0.2) is 0 Å². The number of likely N-dealkylation sites (tertiary alicyclic amines) is 1. The molecule has 0 spiro atoms. The van der Waals surface area contributed by atoms with Crippen molar-refractivity contribution in [3.8, 4) is 0 Å². The summed E-state index contributed by atoms with van der Waals surface area (Å²) in [5.41, 5.74) is -0.315. The second-order valence-corrected chi connectivity index (χ2v) is 6.99. The molecule has 6 nitrogen and oxygen atoms in total. The number of H-pyrrole nitrogens is 1. The summed E-state index contributed by atoms with van der Waals surface area (Å²) in [6, 6.07) is 2.36. The molecule has 1 aliphatic rings. The molecule has 1 atom stereocenters. The van der Waals surface area contributed by atoms with Crippen molar-refractivity contribution in [2.24, 2.45) is 0 Å². The van der Waals surface area contributed by atoms with Crippen molar-refractivity contribution in [2.45, 2.75) is 37.1 Å². The van der Waals surface area contributed by atoms with E-state index in [0.717, 1.165) is 13.1 Å². The van der Waals surface area contributed by atoms with Crippen molar-refractivity contribution in [1.29, 1.82) is 0 Å². The molecule has 2 rings (SSSR count). The Morgan fingerprint density at radius 2 is 2.00 bits per heavy atom. The van der Waals surface area contributed by atoms with E-state index in [9.17, 15) is 13.2 Å². The topological polar surface area (TPSA) is 82.3 Å². The van der Waals surface area contributed by atoms with E-state index >= 15 is 0 Å². The van der Waals surface area contributed by atoms with Crippen LogP contribution in [0.4, 0.5) is 0 Å². The summed E-state index contributed by atoms with van der Waals surface area (Å²) >= 11 is 0. The van der Waals surface area contributed by atoms with Gasteiger partial charge in [0.05, 0.1) is 4.90 Å². The molecule has 0 radical (unpaired) electrons. The van der Waals surface area contributed by atoms with Gasteiger partial charge < -0.3 is 9.88 Å². The average Bonchev–Trinajstić information content (AvgIpc) is 2.39. The molecule has 0 aliphatic carbocycles. The molecule has 7 heteroatoms. The van der Waals surface area contributed by atoms with Gasteiger partial charge >= 0.3 is 0 Å². The van der Waals surface area contributed by atoms with Gasteiger partial charge in [-0.1, -0.05) is 6.42 Å². The third kappa shape index (κ3) is 4.16. The fourth-order valence-corrected chi connectivity index (χ4v) is 3.66. The average molecular weight is 299 g/mol. The smallest absolute Gasteiger partial charge is 0.247 e. The lowest BCUT2D eigenvalue weighted by molar-refractivity contribution is 0.215. The van der Waals surface area contributed by atoms with E-state index < -0.39 is 10.0 Å². The molecule has 0 amide bonds. The fraction of sp³-hybridized carbons (Fsp3) is 0.615. The quantitative estimate of drug-likeness (QED) is 0.831. The zero-order valence-corrected chi connectivity index (χ0v) is 12.4. The van der Waals surface area contributed by atoms with Crippen molar-refractivity contribution in [2.75, 3.05) is 19.6 Å². The summed E-state index contributed by atoms with van der Waals surface area (Å²) in [7, 11) is -3.57. The van der Waals surface area contributed by atoms with E-state index in [2.05, 4.69) is 14.6 Å². The number of pyridine rings is 1. The van der Waals surface area contributed by atoms with E-state index in [4.69, 9.17) is 0 Å². The highest BCUT2D eigenvalue weighted by Gasteiger charge is 2.20. The minimum atomic E-state index is -3.57. The Morgan fingerprint density at radius 3 is 2.60 bits per heavy atom. The number of rotatable bonds is 5. The summed E-state index contributed by atoms with van der Waals surface area (Å²) in [5.74, 6) is 0. The zero-order chi connectivity index (χ0) is 14.6. The molecule has 0 bridgehead atoms. The number of piperidine rings is 1. The Labute approximate surface area is 119 Å². The number of nitrogens with one attached hydrogen (secondary N) is 2. The van der Waals surface area contributed by atoms with Crippen LogP contribution in [-0.2, 0) is 10.0 Å². The minimum absolute atomic E-state index is 0.0857. The first-order valence-corrected chi connectivity index (χ1v) is 8.39.